The van der Waals surface area contributed by atoms with Crippen LogP contribution in [0.15, 0.2) is 40.7 Å². The molecular formula is C14H18N2O3S2. The molecule has 0 spiro atoms. The van der Waals surface area contributed by atoms with E-state index in [0.717, 1.165) is 5.01 Å². The zero-order valence-electron chi connectivity index (χ0n) is 11.9. The van der Waals surface area contributed by atoms with E-state index in [1.165, 1.54) is 11.3 Å². The Labute approximate surface area is 129 Å². The van der Waals surface area contributed by atoms with E-state index in [9.17, 15) is 8.42 Å². The molecule has 0 bridgehead atoms. The first-order chi connectivity index (χ1) is 9.97. The van der Waals surface area contributed by atoms with Crippen molar-refractivity contribution >= 4 is 21.4 Å². The SMILES string of the molecule is CC(C)Oc1ccc(S(=O)(=O)NCCc2nccs2)cc1. The zero-order chi connectivity index (χ0) is 15.3. The van der Waals surface area contributed by atoms with Crippen LogP contribution < -0.4 is 9.46 Å². The summed E-state index contributed by atoms with van der Waals surface area (Å²) in [6.45, 7) is 4.18. The van der Waals surface area contributed by atoms with Crippen molar-refractivity contribution in [1.82, 2.24) is 9.71 Å². The number of aromatic nitrogens is 1. The second kappa shape index (κ2) is 7.02. The molecule has 114 valence electrons. The van der Waals surface area contributed by atoms with Crippen molar-refractivity contribution in [3.05, 3.63) is 40.8 Å². The number of nitrogens with one attached hydrogen (secondary N) is 1. The molecule has 0 saturated carbocycles. The van der Waals surface area contributed by atoms with Gasteiger partial charge in [0.25, 0.3) is 0 Å². The van der Waals surface area contributed by atoms with Crippen molar-refractivity contribution in [3.8, 4) is 5.75 Å². The lowest BCUT2D eigenvalue weighted by atomic mass is 10.3. The molecule has 0 saturated heterocycles. The minimum Gasteiger partial charge on any atom is -0.491 e. The second-order valence-electron chi connectivity index (χ2n) is 4.71. The van der Waals surface area contributed by atoms with Gasteiger partial charge in [-0.1, -0.05) is 0 Å². The first kappa shape index (κ1) is 15.9. The van der Waals surface area contributed by atoms with Gasteiger partial charge in [-0.2, -0.15) is 0 Å². The standard InChI is InChI=1S/C14H18N2O3S2/c1-11(2)19-12-3-5-13(6-4-12)21(17,18)16-8-7-14-15-9-10-20-14/h3-6,9-11,16H,7-8H2,1-2H3. The molecule has 0 aliphatic heterocycles. The maximum Gasteiger partial charge on any atom is 0.240 e. The third-order valence-corrected chi connectivity index (χ3v) is 4.94. The van der Waals surface area contributed by atoms with Crippen LogP contribution in [0, 0.1) is 0 Å². The smallest absolute Gasteiger partial charge is 0.240 e. The number of thiazole rings is 1. The van der Waals surface area contributed by atoms with E-state index in [4.69, 9.17) is 4.74 Å². The highest BCUT2D eigenvalue weighted by molar-refractivity contribution is 7.89. The van der Waals surface area contributed by atoms with Gasteiger partial charge in [-0.25, -0.2) is 18.1 Å². The summed E-state index contributed by atoms with van der Waals surface area (Å²) >= 11 is 1.51. The van der Waals surface area contributed by atoms with Gasteiger partial charge in [0.2, 0.25) is 10.0 Å². The van der Waals surface area contributed by atoms with Gasteiger partial charge in [0, 0.05) is 24.5 Å². The fourth-order valence-corrected chi connectivity index (χ4v) is 3.37. The molecule has 1 aromatic heterocycles. The molecule has 1 aromatic carbocycles. The summed E-state index contributed by atoms with van der Waals surface area (Å²) in [7, 11) is -3.49. The van der Waals surface area contributed by atoms with Crippen LogP contribution in [0.4, 0.5) is 0 Å². The van der Waals surface area contributed by atoms with Gasteiger partial charge in [-0.15, -0.1) is 11.3 Å². The van der Waals surface area contributed by atoms with Crippen LogP contribution >= 0.6 is 11.3 Å². The molecule has 0 fully saturated rings. The lowest BCUT2D eigenvalue weighted by molar-refractivity contribution is 0.242. The maximum absolute atomic E-state index is 12.1. The number of ether oxygens (including phenoxy) is 1. The van der Waals surface area contributed by atoms with E-state index < -0.39 is 10.0 Å². The quantitative estimate of drug-likeness (QED) is 0.848. The summed E-state index contributed by atoms with van der Waals surface area (Å²) in [4.78, 5) is 4.35. The lowest BCUT2D eigenvalue weighted by Crippen LogP contribution is -2.25. The Morgan fingerprint density at radius 3 is 2.57 bits per heavy atom. The Hall–Kier alpha value is -1.44. The van der Waals surface area contributed by atoms with Crippen molar-refractivity contribution in [2.75, 3.05) is 6.54 Å². The van der Waals surface area contributed by atoms with E-state index in [1.807, 2.05) is 19.2 Å². The molecule has 0 radical (unpaired) electrons. The van der Waals surface area contributed by atoms with Crippen molar-refractivity contribution in [2.24, 2.45) is 0 Å². The summed E-state index contributed by atoms with van der Waals surface area (Å²) < 4.78 is 32.3. The topological polar surface area (TPSA) is 68.3 Å². The molecule has 0 unspecified atom stereocenters. The van der Waals surface area contributed by atoms with Crippen LogP contribution in [0.3, 0.4) is 0 Å². The average molecular weight is 326 g/mol. The molecule has 1 heterocycles. The third-order valence-electron chi connectivity index (χ3n) is 2.62. The predicted molar refractivity (Wildman–Crippen MR) is 83.2 cm³/mol. The minimum absolute atomic E-state index is 0.0591. The van der Waals surface area contributed by atoms with Crippen LogP contribution in [0.2, 0.25) is 0 Å². The van der Waals surface area contributed by atoms with E-state index in [-0.39, 0.29) is 11.0 Å². The number of sulfonamides is 1. The molecule has 21 heavy (non-hydrogen) atoms. The lowest BCUT2D eigenvalue weighted by Gasteiger charge is -2.10. The Balaban J connectivity index is 1.95. The molecule has 5 nitrogen and oxygen atoms in total. The summed E-state index contributed by atoms with van der Waals surface area (Å²) in [6, 6.07) is 6.41. The first-order valence-electron chi connectivity index (χ1n) is 6.62. The van der Waals surface area contributed by atoms with Crippen LogP contribution in [-0.4, -0.2) is 26.1 Å². The molecule has 0 amide bonds. The number of benzene rings is 1. The predicted octanol–water partition coefficient (Wildman–Crippen LogP) is 2.45. The van der Waals surface area contributed by atoms with Gasteiger partial charge in [-0.05, 0) is 38.1 Å². The van der Waals surface area contributed by atoms with Gasteiger partial charge < -0.3 is 4.74 Å². The normalized spacial score (nSPS) is 11.8. The molecule has 0 aliphatic rings. The highest BCUT2D eigenvalue weighted by atomic mass is 32.2. The number of hydrogen-bond acceptors (Lipinski definition) is 5. The molecule has 0 atom stereocenters. The highest BCUT2D eigenvalue weighted by Gasteiger charge is 2.13. The fraction of sp³-hybridized carbons (Fsp3) is 0.357. The van der Waals surface area contributed by atoms with Crippen molar-refractivity contribution < 1.29 is 13.2 Å². The zero-order valence-corrected chi connectivity index (χ0v) is 13.6. The monoisotopic (exact) mass is 326 g/mol. The maximum atomic E-state index is 12.1. The van der Waals surface area contributed by atoms with Gasteiger partial charge in [0.05, 0.1) is 16.0 Å². The Kier molecular flexibility index (Phi) is 5.33. The molecule has 2 rings (SSSR count). The summed E-state index contributed by atoms with van der Waals surface area (Å²) in [6.07, 6.45) is 2.36. The first-order valence-corrected chi connectivity index (χ1v) is 8.98. The summed E-state index contributed by atoms with van der Waals surface area (Å²) in [5, 5.41) is 2.79. The van der Waals surface area contributed by atoms with Crippen LogP contribution in [0.1, 0.15) is 18.9 Å². The van der Waals surface area contributed by atoms with Gasteiger partial charge in [0.15, 0.2) is 0 Å². The van der Waals surface area contributed by atoms with Crippen LogP contribution in [0.25, 0.3) is 0 Å². The third kappa shape index (κ3) is 4.80. The van der Waals surface area contributed by atoms with E-state index >= 15 is 0 Å². The van der Waals surface area contributed by atoms with Gasteiger partial charge in [0.1, 0.15) is 5.75 Å². The molecule has 1 N–H and O–H groups in total. The second-order valence-corrected chi connectivity index (χ2v) is 7.46. The summed E-state index contributed by atoms with van der Waals surface area (Å²) in [5.41, 5.74) is 0. The Morgan fingerprint density at radius 2 is 2.00 bits per heavy atom. The molecular weight excluding hydrogens is 308 g/mol. The van der Waals surface area contributed by atoms with E-state index in [2.05, 4.69) is 9.71 Å². The highest BCUT2D eigenvalue weighted by Crippen LogP contribution is 2.17. The number of nitrogens with zero attached hydrogens (tertiary/aromatic N) is 1. The fourth-order valence-electron chi connectivity index (χ4n) is 1.72. The number of hydrogen-bond donors (Lipinski definition) is 1. The van der Waals surface area contributed by atoms with Crippen LogP contribution in [0.5, 0.6) is 5.75 Å². The Bertz CT molecular complexity index is 650. The van der Waals surface area contributed by atoms with Gasteiger partial charge >= 0.3 is 0 Å². The van der Waals surface area contributed by atoms with Gasteiger partial charge in [-0.3, -0.25) is 0 Å². The van der Waals surface area contributed by atoms with E-state index in [0.29, 0.717) is 18.7 Å². The number of rotatable bonds is 7. The van der Waals surface area contributed by atoms with E-state index in [1.54, 1.807) is 30.5 Å². The molecule has 7 heteroatoms. The Morgan fingerprint density at radius 1 is 1.29 bits per heavy atom. The minimum atomic E-state index is -3.49. The van der Waals surface area contributed by atoms with Crippen molar-refractivity contribution in [2.45, 2.75) is 31.3 Å². The largest absolute Gasteiger partial charge is 0.491 e. The van der Waals surface area contributed by atoms with Crippen molar-refractivity contribution in [1.29, 1.82) is 0 Å². The summed E-state index contributed by atoms with van der Waals surface area (Å²) in [5.74, 6) is 0.659. The molecule has 0 aliphatic carbocycles. The average Bonchev–Trinajstić information content (AvgIpc) is 2.91. The van der Waals surface area contributed by atoms with Crippen LogP contribution in [-0.2, 0) is 16.4 Å². The molecule has 2 aromatic rings. The van der Waals surface area contributed by atoms with Crippen molar-refractivity contribution in [3.63, 3.8) is 0 Å².